The largest absolute Gasteiger partial charge is 0.351 e. The number of nitrogens with zero attached hydrogens (tertiary/aromatic N) is 1. The molecule has 0 saturated heterocycles. The maximum atomic E-state index is 11.6. The van der Waals surface area contributed by atoms with Gasteiger partial charge in [0.2, 0.25) is 5.91 Å². The number of urea groups is 1. The molecule has 0 aliphatic rings. The molecule has 0 fully saturated rings. The number of nitrogens with one attached hydrogen (secondary N) is 1. The predicted molar refractivity (Wildman–Crippen MR) is 77.7 cm³/mol. The lowest BCUT2D eigenvalue weighted by molar-refractivity contribution is -0.124. The number of primary amides is 1. The average Bonchev–Trinajstić information content (AvgIpc) is 2.36. The summed E-state index contributed by atoms with van der Waals surface area (Å²) in [7, 11) is 1.84. The number of imide groups is 1. The number of nitrogens with two attached hydrogens (primary N) is 1. The van der Waals surface area contributed by atoms with Crippen molar-refractivity contribution in [2.45, 2.75) is 19.4 Å². The van der Waals surface area contributed by atoms with Gasteiger partial charge >= 0.3 is 6.03 Å². The molecule has 0 aliphatic heterocycles. The maximum absolute atomic E-state index is 11.6. The van der Waals surface area contributed by atoms with Gasteiger partial charge in [-0.3, -0.25) is 15.0 Å². The monoisotopic (exact) mass is 327 g/mol. The van der Waals surface area contributed by atoms with Gasteiger partial charge in [0.1, 0.15) is 0 Å². The van der Waals surface area contributed by atoms with Crippen LogP contribution in [0, 0.1) is 0 Å². The lowest BCUT2D eigenvalue weighted by atomic mass is 10.1. The highest BCUT2D eigenvalue weighted by Gasteiger charge is 2.18. The first-order valence-electron chi connectivity index (χ1n) is 5.95. The van der Waals surface area contributed by atoms with Gasteiger partial charge in [0.25, 0.3) is 0 Å². The number of hydrogen-bond donors (Lipinski definition) is 2. The van der Waals surface area contributed by atoms with Gasteiger partial charge in [-0.2, -0.15) is 0 Å². The fourth-order valence-electron chi connectivity index (χ4n) is 1.58. The Balaban J connectivity index is 2.46. The van der Waals surface area contributed by atoms with Crippen molar-refractivity contribution in [1.82, 2.24) is 10.2 Å². The quantitative estimate of drug-likeness (QED) is 0.860. The summed E-state index contributed by atoms with van der Waals surface area (Å²) in [5, 5.41) is 2.08. The SMILES string of the molecule is CC(C(=O)NC(N)=O)N(C)CCc1ccc(Br)cc1. The molecule has 104 valence electrons. The summed E-state index contributed by atoms with van der Waals surface area (Å²) in [5.74, 6) is -0.384. The molecule has 5 nitrogen and oxygen atoms in total. The molecule has 0 radical (unpaired) electrons. The van der Waals surface area contributed by atoms with Crippen LogP contribution in [0.4, 0.5) is 4.79 Å². The molecule has 0 saturated carbocycles. The number of benzene rings is 1. The van der Waals surface area contributed by atoms with Crippen molar-refractivity contribution in [3.63, 3.8) is 0 Å². The van der Waals surface area contributed by atoms with E-state index < -0.39 is 12.1 Å². The van der Waals surface area contributed by atoms with E-state index in [0.29, 0.717) is 0 Å². The van der Waals surface area contributed by atoms with Gasteiger partial charge in [-0.25, -0.2) is 4.79 Å². The van der Waals surface area contributed by atoms with Crippen molar-refractivity contribution in [2.75, 3.05) is 13.6 Å². The molecule has 1 rings (SSSR count). The van der Waals surface area contributed by atoms with Gasteiger partial charge in [0, 0.05) is 11.0 Å². The molecule has 1 aromatic rings. The summed E-state index contributed by atoms with van der Waals surface area (Å²) in [5.41, 5.74) is 6.11. The summed E-state index contributed by atoms with van der Waals surface area (Å²) in [4.78, 5) is 24.1. The van der Waals surface area contributed by atoms with Gasteiger partial charge in [0.05, 0.1) is 6.04 Å². The second-order valence-electron chi connectivity index (χ2n) is 4.39. The van der Waals surface area contributed by atoms with E-state index in [0.717, 1.165) is 17.4 Å². The predicted octanol–water partition coefficient (Wildman–Crippen LogP) is 1.51. The van der Waals surface area contributed by atoms with Crippen LogP contribution in [0.5, 0.6) is 0 Å². The Kier molecular flexibility index (Phi) is 5.98. The number of carbonyl (C=O) groups excluding carboxylic acids is 2. The molecule has 0 bridgehead atoms. The molecular formula is C13H18BrN3O2. The Morgan fingerprint density at radius 3 is 2.47 bits per heavy atom. The molecule has 0 heterocycles. The number of likely N-dealkylation sites (N-methyl/N-ethyl adjacent to an activating group) is 1. The van der Waals surface area contributed by atoms with Gasteiger partial charge in [0.15, 0.2) is 0 Å². The van der Waals surface area contributed by atoms with Crippen LogP contribution in [0.2, 0.25) is 0 Å². The van der Waals surface area contributed by atoms with Crippen molar-refractivity contribution in [1.29, 1.82) is 0 Å². The van der Waals surface area contributed by atoms with E-state index in [1.807, 2.05) is 36.2 Å². The van der Waals surface area contributed by atoms with Gasteiger partial charge < -0.3 is 5.73 Å². The molecule has 3 N–H and O–H groups in total. The molecule has 1 unspecified atom stereocenters. The summed E-state index contributed by atoms with van der Waals surface area (Å²) >= 11 is 3.38. The maximum Gasteiger partial charge on any atom is 0.318 e. The van der Waals surface area contributed by atoms with Gasteiger partial charge in [-0.1, -0.05) is 28.1 Å². The first-order valence-corrected chi connectivity index (χ1v) is 6.74. The number of rotatable bonds is 5. The lowest BCUT2D eigenvalue weighted by Crippen LogP contribution is -2.47. The molecule has 3 amide bonds. The van der Waals surface area contributed by atoms with Crippen LogP contribution in [0.1, 0.15) is 12.5 Å². The third-order valence-electron chi connectivity index (χ3n) is 2.95. The van der Waals surface area contributed by atoms with Crippen molar-refractivity contribution in [3.8, 4) is 0 Å². The summed E-state index contributed by atoms with van der Waals surface area (Å²) in [6.45, 7) is 2.45. The smallest absolute Gasteiger partial charge is 0.318 e. The molecule has 6 heteroatoms. The fraction of sp³-hybridized carbons (Fsp3) is 0.385. The van der Waals surface area contributed by atoms with Crippen LogP contribution >= 0.6 is 15.9 Å². The highest BCUT2D eigenvalue weighted by molar-refractivity contribution is 9.10. The Hall–Kier alpha value is -1.40. The summed E-state index contributed by atoms with van der Waals surface area (Å²) < 4.78 is 1.04. The molecular weight excluding hydrogens is 310 g/mol. The second-order valence-corrected chi connectivity index (χ2v) is 5.30. The minimum Gasteiger partial charge on any atom is -0.351 e. The summed E-state index contributed by atoms with van der Waals surface area (Å²) in [6, 6.07) is 6.82. The van der Waals surface area contributed by atoms with E-state index in [1.165, 1.54) is 5.56 Å². The highest BCUT2D eigenvalue weighted by Crippen LogP contribution is 2.11. The zero-order valence-electron chi connectivity index (χ0n) is 11.0. The van der Waals surface area contributed by atoms with Crippen LogP contribution in [0.3, 0.4) is 0 Å². The molecule has 1 aromatic carbocycles. The molecule has 19 heavy (non-hydrogen) atoms. The Morgan fingerprint density at radius 1 is 1.37 bits per heavy atom. The fourth-order valence-corrected chi connectivity index (χ4v) is 1.84. The third kappa shape index (κ3) is 5.40. The zero-order valence-corrected chi connectivity index (χ0v) is 12.6. The van der Waals surface area contributed by atoms with E-state index in [1.54, 1.807) is 6.92 Å². The van der Waals surface area contributed by atoms with Crippen LogP contribution in [-0.4, -0.2) is 36.5 Å². The zero-order chi connectivity index (χ0) is 14.4. The number of carbonyl (C=O) groups is 2. The number of hydrogen-bond acceptors (Lipinski definition) is 3. The highest BCUT2D eigenvalue weighted by atomic mass is 79.9. The minimum atomic E-state index is -0.821. The third-order valence-corrected chi connectivity index (χ3v) is 3.48. The van der Waals surface area contributed by atoms with E-state index >= 15 is 0 Å². The van der Waals surface area contributed by atoms with Gasteiger partial charge in [-0.15, -0.1) is 0 Å². The summed E-state index contributed by atoms with van der Waals surface area (Å²) in [6.07, 6.45) is 0.831. The van der Waals surface area contributed by atoms with E-state index in [9.17, 15) is 9.59 Å². The average molecular weight is 328 g/mol. The van der Waals surface area contributed by atoms with Crippen LogP contribution in [-0.2, 0) is 11.2 Å². The van der Waals surface area contributed by atoms with Crippen LogP contribution < -0.4 is 11.1 Å². The first kappa shape index (κ1) is 15.7. The molecule has 0 spiro atoms. The van der Waals surface area contributed by atoms with Crippen molar-refractivity contribution in [2.24, 2.45) is 5.73 Å². The molecule has 1 atom stereocenters. The standard InChI is InChI=1S/C13H18BrN3O2/c1-9(12(18)16-13(15)19)17(2)8-7-10-3-5-11(14)6-4-10/h3-6,9H,7-8H2,1-2H3,(H3,15,16,18,19). The van der Waals surface area contributed by atoms with Crippen molar-refractivity contribution in [3.05, 3.63) is 34.3 Å². The van der Waals surface area contributed by atoms with E-state index in [-0.39, 0.29) is 5.91 Å². The number of amides is 3. The lowest BCUT2D eigenvalue weighted by Gasteiger charge is -2.23. The topological polar surface area (TPSA) is 75.4 Å². The van der Waals surface area contributed by atoms with Crippen LogP contribution in [0.25, 0.3) is 0 Å². The number of halogens is 1. The first-order chi connectivity index (χ1) is 8.90. The van der Waals surface area contributed by atoms with E-state index in [2.05, 4.69) is 21.2 Å². The normalized spacial score (nSPS) is 12.2. The van der Waals surface area contributed by atoms with Crippen molar-refractivity contribution >= 4 is 27.9 Å². The minimum absolute atomic E-state index is 0.384. The van der Waals surface area contributed by atoms with E-state index in [4.69, 9.17) is 5.73 Å². The molecule has 0 aromatic heterocycles. The Bertz CT molecular complexity index is 448. The molecule has 0 aliphatic carbocycles. The Labute approximate surface area is 121 Å². The Morgan fingerprint density at radius 2 is 1.95 bits per heavy atom. The van der Waals surface area contributed by atoms with Gasteiger partial charge in [-0.05, 0) is 38.1 Å². The van der Waals surface area contributed by atoms with Crippen molar-refractivity contribution < 1.29 is 9.59 Å². The van der Waals surface area contributed by atoms with Crippen LogP contribution in [0.15, 0.2) is 28.7 Å². The second kappa shape index (κ2) is 7.25.